The first-order valence-electron chi connectivity index (χ1n) is 9.76. The molecule has 32 heavy (non-hydrogen) atoms. The number of aromatic hydroxyl groups is 1. The van der Waals surface area contributed by atoms with Crippen molar-refractivity contribution in [3.8, 4) is 17.2 Å². The molecule has 0 unspecified atom stereocenters. The molecule has 0 fully saturated rings. The zero-order chi connectivity index (χ0) is 23.3. The monoisotopic (exact) mass is 444 g/mol. The molecule has 2 rings (SSSR count). The number of nitrogens with zero attached hydrogens (tertiary/aromatic N) is 1. The zero-order valence-corrected chi connectivity index (χ0v) is 17.7. The number of carbonyl (C=O) groups excluding carboxylic acids is 3. The predicted octanol–water partition coefficient (Wildman–Crippen LogP) is 2.04. The maximum absolute atomic E-state index is 12.2. The first-order valence-corrected chi connectivity index (χ1v) is 9.76. The number of ether oxygens (including phenoxy) is 4. The smallest absolute Gasteiger partial charge is 0.344 e. The van der Waals surface area contributed by atoms with Crippen LogP contribution in [0.1, 0.15) is 29.8 Å². The number of benzene rings is 2. The normalized spacial score (nSPS) is 10.4. The minimum atomic E-state index is -0.515. The molecular formula is C22H24N2O8. The van der Waals surface area contributed by atoms with Crippen molar-refractivity contribution >= 4 is 24.1 Å². The van der Waals surface area contributed by atoms with Crippen molar-refractivity contribution in [3.05, 3.63) is 53.6 Å². The quantitative estimate of drug-likeness (QED) is 0.306. The maximum Gasteiger partial charge on any atom is 0.344 e. The Labute approximate surface area is 184 Å². The van der Waals surface area contributed by atoms with E-state index in [0.29, 0.717) is 16.9 Å². The number of hydrazone groups is 1. The zero-order valence-electron chi connectivity index (χ0n) is 17.7. The molecule has 0 radical (unpaired) electrons. The van der Waals surface area contributed by atoms with E-state index in [4.69, 9.17) is 18.9 Å². The number of amides is 1. The lowest BCUT2D eigenvalue weighted by Gasteiger charge is -2.07. The average molecular weight is 444 g/mol. The summed E-state index contributed by atoms with van der Waals surface area (Å²) in [5.74, 6) is -0.931. The lowest BCUT2D eigenvalue weighted by Crippen LogP contribution is -2.18. The molecule has 2 N–H and O–H groups in total. The van der Waals surface area contributed by atoms with Crippen LogP contribution in [0.5, 0.6) is 17.2 Å². The summed E-state index contributed by atoms with van der Waals surface area (Å²) in [5, 5.41) is 13.9. The molecule has 1 amide bonds. The highest BCUT2D eigenvalue weighted by Gasteiger charge is 2.08. The summed E-state index contributed by atoms with van der Waals surface area (Å²) < 4.78 is 20.0. The van der Waals surface area contributed by atoms with E-state index in [1.54, 1.807) is 26.0 Å². The number of carbonyl (C=O) groups is 3. The largest absolute Gasteiger partial charge is 0.507 e. The maximum atomic E-state index is 12.2. The molecule has 0 bridgehead atoms. The van der Waals surface area contributed by atoms with Crippen LogP contribution < -0.4 is 14.9 Å². The molecule has 10 nitrogen and oxygen atoms in total. The van der Waals surface area contributed by atoms with Gasteiger partial charge in [0.25, 0.3) is 5.91 Å². The number of hydrogen-bond acceptors (Lipinski definition) is 9. The van der Waals surface area contributed by atoms with E-state index in [0.717, 1.165) is 0 Å². The Morgan fingerprint density at radius 1 is 0.906 bits per heavy atom. The van der Waals surface area contributed by atoms with Crippen LogP contribution in [0.2, 0.25) is 0 Å². The van der Waals surface area contributed by atoms with Crippen LogP contribution in [-0.4, -0.2) is 55.6 Å². The molecule has 0 saturated carbocycles. The minimum absolute atomic E-state index is 0.146. The second-order valence-corrected chi connectivity index (χ2v) is 6.13. The van der Waals surface area contributed by atoms with Gasteiger partial charge in [0.2, 0.25) is 0 Å². The van der Waals surface area contributed by atoms with Crippen LogP contribution in [-0.2, 0) is 19.1 Å². The van der Waals surface area contributed by atoms with E-state index in [1.807, 2.05) is 0 Å². The van der Waals surface area contributed by atoms with E-state index >= 15 is 0 Å². The highest BCUT2D eigenvalue weighted by molar-refractivity contribution is 5.95. The third-order valence-electron chi connectivity index (χ3n) is 3.81. The fourth-order valence-electron chi connectivity index (χ4n) is 2.34. The summed E-state index contributed by atoms with van der Waals surface area (Å²) in [6.07, 6.45) is 1.26. The Balaban J connectivity index is 1.86. The SMILES string of the molecule is CCOC(=O)COc1ccc(C(=O)N/N=C/c2ccc(OCC(=O)OCC)cc2O)cc1. The molecular weight excluding hydrogens is 420 g/mol. The van der Waals surface area contributed by atoms with E-state index < -0.39 is 17.8 Å². The summed E-state index contributed by atoms with van der Waals surface area (Å²) in [5.41, 5.74) is 2.99. The van der Waals surface area contributed by atoms with E-state index in [2.05, 4.69) is 10.5 Å². The standard InChI is InChI=1S/C22H24N2O8/c1-3-29-20(26)13-31-17-8-5-15(6-9-17)22(28)24-23-12-16-7-10-18(11-19(16)25)32-14-21(27)30-4-2/h5-12,25H,3-4,13-14H2,1-2H3,(H,24,28)/b23-12+. The first kappa shape index (κ1) is 24.2. The van der Waals surface area contributed by atoms with Crippen LogP contribution in [0.25, 0.3) is 0 Å². The highest BCUT2D eigenvalue weighted by Crippen LogP contribution is 2.22. The second kappa shape index (κ2) is 12.6. The van der Waals surface area contributed by atoms with Gasteiger partial charge in [-0.15, -0.1) is 0 Å². The van der Waals surface area contributed by atoms with Crippen molar-refractivity contribution in [1.82, 2.24) is 5.43 Å². The summed E-state index contributed by atoms with van der Waals surface area (Å²) in [6.45, 7) is 3.42. The van der Waals surface area contributed by atoms with Crippen molar-refractivity contribution in [2.75, 3.05) is 26.4 Å². The van der Waals surface area contributed by atoms with Gasteiger partial charge in [0, 0.05) is 17.2 Å². The number of phenolic OH excluding ortho intramolecular Hbond substituents is 1. The minimum Gasteiger partial charge on any atom is -0.507 e. The highest BCUT2D eigenvalue weighted by atomic mass is 16.6. The van der Waals surface area contributed by atoms with Gasteiger partial charge in [-0.25, -0.2) is 15.0 Å². The Morgan fingerprint density at radius 3 is 2.03 bits per heavy atom. The van der Waals surface area contributed by atoms with E-state index in [1.165, 1.54) is 36.5 Å². The molecule has 0 aliphatic heterocycles. The molecule has 0 aliphatic rings. The van der Waals surface area contributed by atoms with Crippen LogP contribution in [0.15, 0.2) is 47.6 Å². The molecule has 0 heterocycles. The van der Waals surface area contributed by atoms with E-state index in [-0.39, 0.29) is 37.9 Å². The molecule has 170 valence electrons. The molecule has 10 heteroatoms. The average Bonchev–Trinajstić information content (AvgIpc) is 2.78. The fraction of sp³-hybridized carbons (Fsp3) is 0.273. The number of hydrogen-bond donors (Lipinski definition) is 2. The van der Waals surface area contributed by atoms with E-state index in [9.17, 15) is 19.5 Å². The van der Waals surface area contributed by atoms with Gasteiger partial charge in [0.15, 0.2) is 13.2 Å². The van der Waals surface area contributed by atoms with Crippen LogP contribution >= 0.6 is 0 Å². The molecule has 0 aliphatic carbocycles. The Hall–Kier alpha value is -4.08. The van der Waals surface area contributed by atoms with Crippen LogP contribution in [0.3, 0.4) is 0 Å². The van der Waals surface area contributed by atoms with Crippen LogP contribution in [0.4, 0.5) is 0 Å². The summed E-state index contributed by atoms with van der Waals surface area (Å²) in [7, 11) is 0. The summed E-state index contributed by atoms with van der Waals surface area (Å²) in [6, 6.07) is 10.5. The van der Waals surface area contributed by atoms with Gasteiger partial charge in [-0.1, -0.05) is 0 Å². The van der Waals surface area contributed by atoms with Crippen molar-refractivity contribution < 1.29 is 38.4 Å². The Bertz CT molecular complexity index is 957. The summed E-state index contributed by atoms with van der Waals surface area (Å²) >= 11 is 0. The van der Waals surface area contributed by atoms with Gasteiger partial charge < -0.3 is 24.1 Å². The van der Waals surface area contributed by atoms with Crippen molar-refractivity contribution in [2.24, 2.45) is 5.10 Å². The number of nitrogens with one attached hydrogen (secondary N) is 1. The molecule has 0 atom stereocenters. The Morgan fingerprint density at radius 2 is 1.47 bits per heavy atom. The first-order chi connectivity index (χ1) is 15.4. The van der Waals surface area contributed by atoms with Gasteiger partial charge in [-0.3, -0.25) is 4.79 Å². The third-order valence-corrected chi connectivity index (χ3v) is 3.81. The molecule has 2 aromatic rings. The molecule has 2 aromatic carbocycles. The Kier molecular flexibility index (Phi) is 9.51. The molecule has 0 saturated heterocycles. The van der Waals surface area contributed by atoms with Crippen LogP contribution in [0, 0.1) is 0 Å². The predicted molar refractivity (Wildman–Crippen MR) is 114 cm³/mol. The van der Waals surface area contributed by atoms with Crippen molar-refractivity contribution in [2.45, 2.75) is 13.8 Å². The van der Waals surface area contributed by atoms with Gasteiger partial charge in [0.05, 0.1) is 19.4 Å². The van der Waals surface area contributed by atoms with Gasteiger partial charge in [-0.2, -0.15) is 5.10 Å². The lowest BCUT2D eigenvalue weighted by atomic mass is 10.2. The van der Waals surface area contributed by atoms with Gasteiger partial charge in [0.1, 0.15) is 17.2 Å². The number of esters is 2. The van der Waals surface area contributed by atoms with Gasteiger partial charge in [-0.05, 0) is 50.2 Å². The molecule has 0 aromatic heterocycles. The second-order valence-electron chi connectivity index (χ2n) is 6.13. The fourth-order valence-corrected chi connectivity index (χ4v) is 2.34. The number of phenols is 1. The van der Waals surface area contributed by atoms with Gasteiger partial charge >= 0.3 is 11.9 Å². The third kappa shape index (κ3) is 7.98. The summed E-state index contributed by atoms with van der Waals surface area (Å²) in [4.78, 5) is 34.8. The lowest BCUT2D eigenvalue weighted by molar-refractivity contribution is -0.146. The molecule has 0 spiro atoms. The van der Waals surface area contributed by atoms with Crippen molar-refractivity contribution in [3.63, 3.8) is 0 Å². The number of rotatable bonds is 11. The van der Waals surface area contributed by atoms with Crippen molar-refractivity contribution in [1.29, 1.82) is 0 Å². The topological polar surface area (TPSA) is 133 Å².